The Morgan fingerprint density at radius 2 is 1.87 bits per heavy atom. The van der Waals surface area contributed by atoms with Gasteiger partial charge in [-0.3, -0.25) is 0 Å². The molecule has 0 radical (unpaired) electrons. The van der Waals surface area contributed by atoms with Gasteiger partial charge in [0.15, 0.2) is 0 Å². The highest BCUT2D eigenvalue weighted by atomic mass is 32.1. The molecular formula is C12H20O2S. The highest BCUT2D eigenvalue weighted by molar-refractivity contribution is 7.75. The molecule has 1 atom stereocenters. The van der Waals surface area contributed by atoms with E-state index in [1.54, 1.807) is 0 Å². The average molecular weight is 228 g/mol. The van der Waals surface area contributed by atoms with Gasteiger partial charge < -0.3 is 8.92 Å². The van der Waals surface area contributed by atoms with Gasteiger partial charge in [-0.2, -0.15) is 0 Å². The zero-order valence-corrected chi connectivity index (χ0v) is 10.0. The van der Waals surface area contributed by atoms with Crippen molar-refractivity contribution in [1.82, 2.24) is 0 Å². The Kier molecular flexibility index (Phi) is 4.39. The third-order valence-corrected chi connectivity index (χ3v) is 3.61. The van der Waals surface area contributed by atoms with Gasteiger partial charge in [-0.05, 0) is 31.8 Å². The summed E-state index contributed by atoms with van der Waals surface area (Å²) < 4.78 is 11.0. The van der Waals surface area contributed by atoms with Gasteiger partial charge in [0.25, 0.3) is 0 Å². The third kappa shape index (κ3) is 3.42. The van der Waals surface area contributed by atoms with Crippen LogP contribution in [-0.2, 0) is 8.92 Å². The van der Waals surface area contributed by atoms with E-state index in [0.717, 1.165) is 25.0 Å². The summed E-state index contributed by atoms with van der Waals surface area (Å²) in [7, 11) is 0. The van der Waals surface area contributed by atoms with Crippen LogP contribution in [0, 0.1) is 0 Å². The van der Waals surface area contributed by atoms with Crippen molar-refractivity contribution in [2.24, 2.45) is 0 Å². The lowest BCUT2D eigenvalue weighted by Gasteiger charge is -2.29. The predicted molar refractivity (Wildman–Crippen MR) is 63.8 cm³/mol. The van der Waals surface area contributed by atoms with Gasteiger partial charge in [0.05, 0.1) is 12.2 Å². The Balaban J connectivity index is 1.74. The van der Waals surface area contributed by atoms with E-state index in [9.17, 15) is 0 Å². The molecule has 1 fully saturated rings. The number of thiol groups is 1. The average Bonchev–Trinajstić information content (AvgIpc) is 2.31. The van der Waals surface area contributed by atoms with Gasteiger partial charge in [-0.15, -0.1) is 0 Å². The van der Waals surface area contributed by atoms with E-state index in [4.69, 9.17) is 8.92 Å². The molecule has 0 amide bonds. The zero-order valence-electron chi connectivity index (χ0n) is 9.15. The first-order valence-electron chi connectivity index (χ1n) is 6.04. The fourth-order valence-corrected chi connectivity index (χ4v) is 2.63. The van der Waals surface area contributed by atoms with Crippen LogP contribution in [0.4, 0.5) is 0 Å². The summed E-state index contributed by atoms with van der Waals surface area (Å²) >= 11 is 3.81. The number of hydrogen-bond acceptors (Lipinski definition) is 3. The highest BCUT2D eigenvalue weighted by Crippen LogP contribution is 2.27. The summed E-state index contributed by atoms with van der Waals surface area (Å²) in [6.45, 7) is 0. The quantitative estimate of drug-likeness (QED) is 0.587. The predicted octanol–water partition coefficient (Wildman–Crippen LogP) is 3.63. The van der Waals surface area contributed by atoms with Gasteiger partial charge in [0, 0.05) is 19.3 Å². The molecule has 0 bridgehead atoms. The maximum atomic E-state index is 6.10. The number of ether oxygens (including phenoxy) is 1. The van der Waals surface area contributed by atoms with Crippen molar-refractivity contribution in [3.63, 3.8) is 0 Å². The largest absolute Gasteiger partial charge is 0.434 e. The minimum absolute atomic E-state index is 0.417. The second kappa shape index (κ2) is 5.80. The minimum atomic E-state index is 0.417. The maximum Gasteiger partial charge on any atom is 0.110 e. The zero-order chi connectivity index (χ0) is 10.5. The number of rotatable bonds is 3. The van der Waals surface area contributed by atoms with Crippen molar-refractivity contribution in [3.05, 3.63) is 11.8 Å². The summed E-state index contributed by atoms with van der Waals surface area (Å²) in [5.74, 6) is 1.00. The summed E-state index contributed by atoms with van der Waals surface area (Å²) in [6, 6.07) is 0. The molecule has 0 heterocycles. The van der Waals surface area contributed by atoms with Crippen LogP contribution in [0.5, 0.6) is 0 Å². The minimum Gasteiger partial charge on any atom is -0.434 e. The van der Waals surface area contributed by atoms with Crippen molar-refractivity contribution in [2.75, 3.05) is 0 Å². The molecule has 2 aliphatic rings. The molecule has 0 spiro atoms. The van der Waals surface area contributed by atoms with Crippen molar-refractivity contribution in [3.8, 4) is 0 Å². The smallest absolute Gasteiger partial charge is 0.110 e. The van der Waals surface area contributed by atoms with Crippen molar-refractivity contribution in [1.29, 1.82) is 0 Å². The monoisotopic (exact) mass is 228 g/mol. The highest BCUT2D eigenvalue weighted by Gasteiger charge is 2.21. The molecule has 2 rings (SSSR count). The first-order valence-corrected chi connectivity index (χ1v) is 6.41. The molecule has 0 saturated heterocycles. The van der Waals surface area contributed by atoms with E-state index in [2.05, 4.69) is 19.0 Å². The second-order valence-electron chi connectivity index (χ2n) is 4.55. The van der Waals surface area contributed by atoms with E-state index in [-0.39, 0.29) is 0 Å². The van der Waals surface area contributed by atoms with Crippen molar-refractivity contribution < 1.29 is 8.92 Å². The normalized spacial score (nSPS) is 28.6. The molecular weight excluding hydrogens is 208 g/mol. The van der Waals surface area contributed by atoms with Crippen molar-refractivity contribution >= 4 is 12.9 Å². The Labute approximate surface area is 97.6 Å². The van der Waals surface area contributed by atoms with E-state index >= 15 is 0 Å². The van der Waals surface area contributed by atoms with Gasteiger partial charge in [0.2, 0.25) is 0 Å². The summed E-state index contributed by atoms with van der Waals surface area (Å²) in [6.07, 6.45) is 12.7. The van der Waals surface area contributed by atoms with Crippen LogP contribution in [0.15, 0.2) is 11.8 Å². The Bertz CT molecular complexity index is 222. The molecule has 0 aromatic rings. The standard InChI is InChI=1S/C12H20O2S/c15-14-12-8-6-11(7-9-12)13-10-4-2-1-3-5-10/h8,10-11,15H,1-7,9H2. The van der Waals surface area contributed by atoms with E-state index in [1.165, 1.54) is 32.1 Å². The lowest BCUT2D eigenvalue weighted by Crippen LogP contribution is -2.25. The fraction of sp³-hybridized carbons (Fsp3) is 0.833. The van der Waals surface area contributed by atoms with E-state index in [0.29, 0.717) is 12.2 Å². The van der Waals surface area contributed by atoms with Crippen LogP contribution in [0.25, 0.3) is 0 Å². The maximum absolute atomic E-state index is 6.10. The fourth-order valence-electron chi connectivity index (χ4n) is 2.47. The van der Waals surface area contributed by atoms with Crippen LogP contribution in [0.1, 0.15) is 51.4 Å². The third-order valence-electron chi connectivity index (χ3n) is 3.38. The molecule has 0 aromatic heterocycles. The molecule has 2 nitrogen and oxygen atoms in total. The summed E-state index contributed by atoms with van der Waals surface area (Å²) in [4.78, 5) is 0. The topological polar surface area (TPSA) is 18.5 Å². The first-order chi connectivity index (χ1) is 7.38. The number of hydrogen-bond donors (Lipinski definition) is 1. The molecule has 1 saturated carbocycles. The van der Waals surface area contributed by atoms with Crippen molar-refractivity contribution in [2.45, 2.75) is 63.6 Å². The number of allylic oxidation sites excluding steroid dienone is 1. The van der Waals surface area contributed by atoms with Gasteiger partial charge >= 0.3 is 0 Å². The van der Waals surface area contributed by atoms with Gasteiger partial charge in [-0.1, -0.05) is 19.3 Å². The summed E-state index contributed by atoms with van der Waals surface area (Å²) in [5, 5.41) is 0. The molecule has 1 unspecified atom stereocenters. The molecule has 86 valence electrons. The summed E-state index contributed by atoms with van der Waals surface area (Å²) in [5.41, 5.74) is 0. The Hall–Kier alpha value is -0.150. The van der Waals surface area contributed by atoms with Crippen LogP contribution < -0.4 is 0 Å². The Morgan fingerprint density at radius 3 is 2.47 bits per heavy atom. The SMILES string of the molecule is SOC1=CCC(OC2CCCCC2)CC1. The molecule has 3 heteroatoms. The molecule has 2 aliphatic carbocycles. The lowest BCUT2D eigenvalue weighted by molar-refractivity contribution is -0.0349. The van der Waals surface area contributed by atoms with E-state index in [1.807, 2.05) is 0 Å². The lowest BCUT2D eigenvalue weighted by atomic mass is 9.96. The van der Waals surface area contributed by atoms with Crippen LogP contribution in [-0.4, -0.2) is 12.2 Å². The molecule has 0 aromatic carbocycles. The van der Waals surface area contributed by atoms with Crippen LogP contribution in [0.3, 0.4) is 0 Å². The first kappa shape index (κ1) is 11.3. The molecule has 15 heavy (non-hydrogen) atoms. The van der Waals surface area contributed by atoms with Gasteiger partial charge in [-0.25, -0.2) is 0 Å². The van der Waals surface area contributed by atoms with Crippen LogP contribution in [0.2, 0.25) is 0 Å². The van der Waals surface area contributed by atoms with Gasteiger partial charge in [0.1, 0.15) is 5.76 Å². The van der Waals surface area contributed by atoms with E-state index < -0.39 is 0 Å². The molecule has 0 N–H and O–H groups in total. The van der Waals surface area contributed by atoms with Crippen LogP contribution >= 0.6 is 12.9 Å². The second-order valence-corrected chi connectivity index (χ2v) is 4.74. The molecule has 0 aliphatic heterocycles. The Morgan fingerprint density at radius 1 is 1.07 bits per heavy atom.